The molecule has 6 nitrogen and oxygen atoms in total. The van der Waals surface area contributed by atoms with E-state index < -0.39 is 22.0 Å². The molecule has 0 heterocycles. The Bertz CT molecular complexity index is 852. The van der Waals surface area contributed by atoms with Crippen LogP contribution >= 0.6 is 11.6 Å². The van der Waals surface area contributed by atoms with Gasteiger partial charge in [0.25, 0.3) is 5.91 Å². The number of halogens is 1. The van der Waals surface area contributed by atoms with Gasteiger partial charge in [0.15, 0.2) is 0 Å². The summed E-state index contributed by atoms with van der Waals surface area (Å²) in [7, 11) is -3.92. The zero-order valence-corrected chi connectivity index (χ0v) is 16.0. The molecule has 0 spiro atoms. The minimum Gasteiger partial charge on any atom is -0.289 e. The van der Waals surface area contributed by atoms with Gasteiger partial charge in [0.05, 0.1) is 4.90 Å². The van der Waals surface area contributed by atoms with Crippen LogP contribution in [0.1, 0.15) is 20.3 Å². The van der Waals surface area contributed by atoms with Crippen molar-refractivity contribution >= 4 is 27.5 Å². The smallest absolute Gasteiger partial charge is 0.261 e. The van der Waals surface area contributed by atoms with E-state index in [1.54, 1.807) is 31.2 Å². The molecule has 2 atom stereocenters. The van der Waals surface area contributed by atoms with Crippen molar-refractivity contribution < 1.29 is 18.4 Å². The second kappa shape index (κ2) is 8.64. The SMILES string of the molecule is CC[C@H](C)[C@@H](NS(=O)(=O)c1ccc(-c2ccc(Cl)cc2)cc1)C(=O)NO. The predicted octanol–water partition coefficient (Wildman–Crippen LogP) is 3.21. The summed E-state index contributed by atoms with van der Waals surface area (Å²) in [6.07, 6.45) is 0.566. The number of carbonyl (C=O) groups is 1. The third-order valence-electron chi connectivity index (χ3n) is 4.23. The number of nitrogens with one attached hydrogen (secondary N) is 2. The molecule has 0 bridgehead atoms. The first-order valence-electron chi connectivity index (χ1n) is 8.10. The number of rotatable bonds is 7. The molecule has 2 aromatic rings. The van der Waals surface area contributed by atoms with Crippen LogP contribution < -0.4 is 10.2 Å². The highest BCUT2D eigenvalue weighted by molar-refractivity contribution is 7.89. The summed E-state index contributed by atoms with van der Waals surface area (Å²) < 4.78 is 27.5. The minimum absolute atomic E-state index is 0.0363. The Morgan fingerprint density at radius 3 is 2.04 bits per heavy atom. The van der Waals surface area contributed by atoms with E-state index in [2.05, 4.69) is 4.72 Å². The molecular weight excluding hydrogens is 376 g/mol. The van der Waals surface area contributed by atoms with Crippen molar-refractivity contribution in [2.45, 2.75) is 31.2 Å². The monoisotopic (exact) mass is 396 g/mol. The Balaban J connectivity index is 2.25. The fourth-order valence-corrected chi connectivity index (χ4v) is 3.87. The third-order valence-corrected chi connectivity index (χ3v) is 5.94. The largest absolute Gasteiger partial charge is 0.289 e. The molecule has 0 saturated heterocycles. The van der Waals surface area contributed by atoms with Gasteiger partial charge in [-0.1, -0.05) is 56.1 Å². The van der Waals surface area contributed by atoms with Gasteiger partial charge in [-0.05, 0) is 41.3 Å². The molecular formula is C18H21ClN2O4S. The van der Waals surface area contributed by atoms with Crippen LogP contribution in [-0.2, 0) is 14.8 Å². The molecule has 2 aromatic carbocycles. The molecule has 2 rings (SSSR count). The van der Waals surface area contributed by atoms with Gasteiger partial charge in [0.1, 0.15) is 6.04 Å². The minimum atomic E-state index is -3.92. The molecule has 0 aliphatic rings. The zero-order chi connectivity index (χ0) is 19.3. The molecule has 0 aliphatic carbocycles. The first-order chi connectivity index (χ1) is 12.3. The predicted molar refractivity (Wildman–Crippen MR) is 100 cm³/mol. The van der Waals surface area contributed by atoms with Crippen molar-refractivity contribution in [3.63, 3.8) is 0 Å². The van der Waals surface area contributed by atoms with Crippen molar-refractivity contribution in [2.24, 2.45) is 5.92 Å². The summed E-state index contributed by atoms with van der Waals surface area (Å²) in [6.45, 7) is 3.56. The second-order valence-corrected chi connectivity index (χ2v) is 8.14. The van der Waals surface area contributed by atoms with Crippen LogP contribution in [0.15, 0.2) is 53.4 Å². The van der Waals surface area contributed by atoms with E-state index >= 15 is 0 Å². The van der Waals surface area contributed by atoms with Crippen LogP contribution in [-0.4, -0.2) is 25.6 Å². The van der Waals surface area contributed by atoms with Gasteiger partial charge in [-0.25, -0.2) is 13.9 Å². The Kier molecular flexibility index (Phi) is 6.77. The third kappa shape index (κ3) is 4.82. The fourth-order valence-electron chi connectivity index (χ4n) is 2.44. The van der Waals surface area contributed by atoms with Crippen molar-refractivity contribution in [1.29, 1.82) is 0 Å². The second-order valence-electron chi connectivity index (χ2n) is 5.99. The van der Waals surface area contributed by atoms with E-state index in [9.17, 15) is 13.2 Å². The number of hydrogen-bond acceptors (Lipinski definition) is 4. The highest BCUT2D eigenvalue weighted by Crippen LogP contribution is 2.23. The standard InChI is InChI=1S/C18H21ClN2O4S/c1-3-12(2)17(18(22)20-23)21-26(24,25)16-10-6-14(7-11-16)13-4-8-15(19)9-5-13/h4-12,17,21,23H,3H2,1-2H3,(H,20,22)/t12-,17+/m0/s1. The highest BCUT2D eigenvalue weighted by atomic mass is 35.5. The molecule has 140 valence electrons. The summed E-state index contributed by atoms with van der Waals surface area (Å²) >= 11 is 5.87. The van der Waals surface area contributed by atoms with E-state index in [1.165, 1.54) is 17.6 Å². The molecule has 0 unspecified atom stereocenters. The zero-order valence-electron chi connectivity index (χ0n) is 14.4. The van der Waals surface area contributed by atoms with E-state index in [-0.39, 0.29) is 10.8 Å². The van der Waals surface area contributed by atoms with Crippen molar-refractivity contribution in [2.75, 3.05) is 0 Å². The maximum atomic E-state index is 12.6. The Hall–Kier alpha value is -1.93. The van der Waals surface area contributed by atoms with Gasteiger partial charge in [-0.2, -0.15) is 4.72 Å². The first-order valence-corrected chi connectivity index (χ1v) is 9.97. The van der Waals surface area contributed by atoms with E-state index in [4.69, 9.17) is 16.8 Å². The van der Waals surface area contributed by atoms with Gasteiger partial charge in [-0.15, -0.1) is 0 Å². The van der Waals surface area contributed by atoms with Crippen LogP contribution in [0.3, 0.4) is 0 Å². The Labute approximate surface area is 158 Å². The normalized spacial score (nSPS) is 13.8. The number of amides is 1. The number of carbonyl (C=O) groups excluding carboxylic acids is 1. The Morgan fingerprint density at radius 1 is 1.08 bits per heavy atom. The lowest BCUT2D eigenvalue weighted by atomic mass is 10.00. The first kappa shape index (κ1) is 20.4. The van der Waals surface area contributed by atoms with Crippen LogP contribution in [0.25, 0.3) is 11.1 Å². The topological polar surface area (TPSA) is 95.5 Å². The Morgan fingerprint density at radius 2 is 1.58 bits per heavy atom. The summed E-state index contributed by atoms with van der Waals surface area (Å²) in [5.41, 5.74) is 3.26. The molecule has 8 heteroatoms. The average molecular weight is 397 g/mol. The fraction of sp³-hybridized carbons (Fsp3) is 0.278. The molecule has 0 saturated carbocycles. The van der Waals surface area contributed by atoms with Gasteiger partial charge in [0.2, 0.25) is 10.0 Å². The van der Waals surface area contributed by atoms with Gasteiger partial charge >= 0.3 is 0 Å². The quantitative estimate of drug-likeness (QED) is 0.494. The van der Waals surface area contributed by atoms with Crippen LogP contribution in [0.2, 0.25) is 5.02 Å². The number of benzene rings is 2. The van der Waals surface area contributed by atoms with Gasteiger partial charge in [-0.3, -0.25) is 10.0 Å². The summed E-state index contributed by atoms with van der Waals surface area (Å²) in [6, 6.07) is 12.4. The summed E-state index contributed by atoms with van der Waals surface area (Å²) in [5, 5.41) is 9.48. The molecule has 3 N–H and O–H groups in total. The lowest BCUT2D eigenvalue weighted by Crippen LogP contribution is -2.49. The molecule has 0 radical (unpaired) electrons. The van der Waals surface area contributed by atoms with Gasteiger partial charge < -0.3 is 0 Å². The van der Waals surface area contributed by atoms with E-state index in [0.717, 1.165) is 11.1 Å². The van der Waals surface area contributed by atoms with Crippen LogP contribution in [0.4, 0.5) is 0 Å². The molecule has 1 amide bonds. The van der Waals surface area contributed by atoms with E-state index in [0.29, 0.717) is 11.4 Å². The van der Waals surface area contributed by atoms with E-state index in [1.807, 2.05) is 19.1 Å². The molecule has 26 heavy (non-hydrogen) atoms. The van der Waals surface area contributed by atoms with Crippen molar-refractivity contribution in [3.8, 4) is 11.1 Å². The van der Waals surface area contributed by atoms with Gasteiger partial charge in [0, 0.05) is 5.02 Å². The lowest BCUT2D eigenvalue weighted by Gasteiger charge is -2.22. The number of hydrogen-bond donors (Lipinski definition) is 3. The van der Waals surface area contributed by atoms with Crippen LogP contribution in [0, 0.1) is 5.92 Å². The molecule has 0 fully saturated rings. The van der Waals surface area contributed by atoms with Crippen molar-refractivity contribution in [3.05, 3.63) is 53.6 Å². The number of sulfonamides is 1. The number of hydroxylamine groups is 1. The molecule has 0 aromatic heterocycles. The highest BCUT2D eigenvalue weighted by Gasteiger charge is 2.29. The summed E-state index contributed by atoms with van der Waals surface area (Å²) in [4.78, 5) is 11.8. The maximum Gasteiger partial charge on any atom is 0.261 e. The maximum absolute atomic E-state index is 12.6. The average Bonchev–Trinajstić information content (AvgIpc) is 2.65. The van der Waals surface area contributed by atoms with Crippen molar-refractivity contribution in [1.82, 2.24) is 10.2 Å². The molecule has 0 aliphatic heterocycles. The summed E-state index contributed by atoms with van der Waals surface area (Å²) in [5.74, 6) is -1.08. The lowest BCUT2D eigenvalue weighted by molar-refractivity contribution is -0.132. The van der Waals surface area contributed by atoms with Crippen LogP contribution in [0.5, 0.6) is 0 Å².